The largest absolute Gasteiger partial charge is 0.298 e. The molecule has 1 heteroatoms. The summed E-state index contributed by atoms with van der Waals surface area (Å²) in [5.74, 6) is 6.68. The highest BCUT2D eigenvalue weighted by molar-refractivity contribution is 5.96. The third-order valence-corrected chi connectivity index (χ3v) is 13.7. The van der Waals surface area contributed by atoms with Crippen LogP contribution in [0.4, 0.5) is 0 Å². The molecular formula is C38H66O. The highest BCUT2D eigenvalue weighted by Crippen LogP contribution is 2.65. The molecule has 224 valence electrons. The van der Waals surface area contributed by atoms with Crippen LogP contribution in [-0.4, -0.2) is 5.78 Å². The lowest BCUT2D eigenvalue weighted by Crippen LogP contribution is -2.60. The Hall–Kier alpha value is -0.330. The molecule has 0 heterocycles. The molecule has 0 atom stereocenters. The first-order valence-corrected chi connectivity index (χ1v) is 18.6. The molecule has 0 N–H and O–H groups in total. The van der Waals surface area contributed by atoms with Crippen molar-refractivity contribution >= 4 is 5.78 Å². The minimum absolute atomic E-state index is 0.135. The van der Waals surface area contributed by atoms with E-state index in [1.54, 1.807) is 0 Å². The van der Waals surface area contributed by atoms with Crippen LogP contribution in [0.3, 0.4) is 0 Å². The molecule has 0 aromatic carbocycles. The summed E-state index contributed by atoms with van der Waals surface area (Å²) in [6.45, 7) is 4.65. The van der Waals surface area contributed by atoms with E-state index in [0.29, 0.717) is 0 Å². The molecule has 0 saturated heterocycles. The molecule has 5 rings (SSSR count). The zero-order valence-corrected chi connectivity index (χ0v) is 26.5. The standard InChI is InChI=1S/C38H66O/c1-3-5-7-8-10-12-31-15-19-33(20-16-31)35-23-27-38(28-24-35)29-37(36(38)39)25-21-34(22-26-37)32-17-13-30(14-18-32)11-9-6-4-2/h30-35H,3-29H2,1-2H3. The van der Waals surface area contributed by atoms with Gasteiger partial charge in [-0.3, -0.25) is 4.79 Å². The number of hydrogen-bond acceptors (Lipinski definition) is 1. The summed E-state index contributed by atoms with van der Waals surface area (Å²) >= 11 is 0. The van der Waals surface area contributed by atoms with E-state index in [2.05, 4.69) is 13.8 Å². The van der Waals surface area contributed by atoms with Crippen molar-refractivity contribution in [3.8, 4) is 0 Å². The van der Waals surface area contributed by atoms with Gasteiger partial charge in [-0.2, -0.15) is 0 Å². The van der Waals surface area contributed by atoms with Gasteiger partial charge in [0.25, 0.3) is 0 Å². The summed E-state index contributed by atoms with van der Waals surface area (Å²) in [6, 6.07) is 0. The average Bonchev–Trinajstić information content (AvgIpc) is 2.98. The average molecular weight is 539 g/mol. The van der Waals surface area contributed by atoms with Crippen LogP contribution in [0.2, 0.25) is 0 Å². The van der Waals surface area contributed by atoms with Crippen molar-refractivity contribution < 1.29 is 4.79 Å². The molecule has 0 aromatic rings. The predicted molar refractivity (Wildman–Crippen MR) is 167 cm³/mol. The number of unbranched alkanes of at least 4 members (excludes halogenated alkanes) is 6. The van der Waals surface area contributed by atoms with Crippen LogP contribution in [0.15, 0.2) is 0 Å². The summed E-state index contributed by atoms with van der Waals surface area (Å²) in [7, 11) is 0. The van der Waals surface area contributed by atoms with Gasteiger partial charge < -0.3 is 0 Å². The summed E-state index contributed by atoms with van der Waals surface area (Å²) in [5.41, 5.74) is 0.269. The van der Waals surface area contributed by atoms with E-state index in [0.717, 1.165) is 41.3 Å². The maximum absolute atomic E-state index is 13.9. The van der Waals surface area contributed by atoms with Gasteiger partial charge in [0, 0.05) is 10.8 Å². The molecule has 0 amide bonds. The Morgan fingerprint density at radius 1 is 0.487 bits per heavy atom. The van der Waals surface area contributed by atoms with Crippen molar-refractivity contribution in [2.24, 2.45) is 46.3 Å². The molecule has 39 heavy (non-hydrogen) atoms. The Morgan fingerprint density at radius 2 is 0.846 bits per heavy atom. The summed E-state index contributed by atoms with van der Waals surface area (Å²) in [5, 5.41) is 0. The van der Waals surface area contributed by atoms with Crippen molar-refractivity contribution in [3.05, 3.63) is 0 Å². The summed E-state index contributed by atoms with van der Waals surface area (Å²) in [6.07, 6.45) is 38.2. The van der Waals surface area contributed by atoms with E-state index >= 15 is 0 Å². The van der Waals surface area contributed by atoms with Crippen LogP contribution in [0.5, 0.6) is 0 Å². The molecule has 0 bridgehead atoms. The zero-order chi connectivity index (χ0) is 27.1. The maximum atomic E-state index is 13.9. The fourth-order valence-corrected chi connectivity index (χ4v) is 11.0. The molecule has 5 fully saturated rings. The molecule has 5 aliphatic rings. The van der Waals surface area contributed by atoms with Crippen molar-refractivity contribution in [3.63, 3.8) is 0 Å². The van der Waals surface area contributed by atoms with Gasteiger partial charge in [0.2, 0.25) is 0 Å². The lowest BCUT2D eigenvalue weighted by molar-refractivity contribution is -0.170. The smallest absolute Gasteiger partial charge is 0.145 e. The van der Waals surface area contributed by atoms with Crippen LogP contribution in [0.25, 0.3) is 0 Å². The van der Waals surface area contributed by atoms with Crippen molar-refractivity contribution in [2.75, 3.05) is 0 Å². The Kier molecular flexibility index (Phi) is 11.0. The minimum atomic E-state index is 0.135. The summed E-state index contributed by atoms with van der Waals surface area (Å²) in [4.78, 5) is 13.9. The van der Waals surface area contributed by atoms with E-state index in [4.69, 9.17) is 0 Å². The SMILES string of the molecule is CCCCCCCC1CCC(C2CCC3(CC2)CC2(CCC(C4CCC(CCCCC)CC4)CC2)C3=O)CC1. The van der Waals surface area contributed by atoms with Gasteiger partial charge in [0.05, 0.1) is 0 Å². The molecule has 2 spiro atoms. The molecule has 1 nitrogen and oxygen atoms in total. The van der Waals surface area contributed by atoms with Crippen molar-refractivity contribution in [2.45, 2.75) is 187 Å². The highest BCUT2D eigenvalue weighted by Gasteiger charge is 2.63. The van der Waals surface area contributed by atoms with E-state index in [9.17, 15) is 4.79 Å². The lowest BCUT2D eigenvalue weighted by atomic mass is 9.42. The first-order chi connectivity index (χ1) is 19.1. The van der Waals surface area contributed by atoms with Gasteiger partial charge in [0.1, 0.15) is 5.78 Å². The van der Waals surface area contributed by atoms with Gasteiger partial charge in [-0.1, -0.05) is 104 Å². The molecule has 5 saturated carbocycles. The fourth-order valence-electron chi connectivity index (χ4n) is 11.0. The molecule has 0 aliphatic heterocycles. The van der Waals surface area contributed by atoms with Crippen LogP contribution in [0, 0.1) is 46.3 Å². The number of hydrogen-bond donors (Lipinski definition) is 0. The van der Waals surface area contributed by atoms with E-state index in [1.165, 1.54) is 173 Å². The first-order valence-electron chi connectivity index (χ1n) is 18.6. The monoisotopic (exact) mass is 539 g/mol. The van der Waals surface area contributed by atoms with E-state index in [1.807, 2.05) is 0 Å². The third kappa shape index (κ3) is 7.19. The van der Waals surface area contributed by atoms with Crippen LogP contribution < -0.4 is 0 Å². The lowest BCUT2D eigenvalue weighted by Gasteiger charge is -2.60. The van der Waals surface area contributed by atoms with Gasteiger partial charge in [0.15, 0.2) is 0 Å². The predicted octanol–water partition coefficient (Wildman–Crippen LogP) is 11.9. The van der Waals surface area contributed by atoms with Crippen molar-refractivity contribution in [1.29, 1.82) is 0 Å². The third-order valence-electron chi connectivity index (χ3n) is 13.7. The quantitative estimate of drug-likeness (QED) is 0.226. The van der Waals surface area contributed by atoms with Gasteiger partial charge in [-0.15, -0.1) is 0 Å². The summed E-state index contributed by atoms with van der Waals surface area (Å²) < 4.78 is 0. The Balaban J connectivity index is 0.982. The maximum Gasteiger partial charge on any atom is 0.145 e. The minimum Gasteiger partial charge on any atom is -0.298 e. The van der Waals surface area contributed by atoms with Gasteiger partial charge in [-0.25, -0.2) is 0 Å². The second kappa shape index (κ2) is 14.2. The second-order valence-corrected chi connectivity index (χ2v) is 16.0. The zero-order valence-electron chi connectivity index (χ0n) is 26.5. The number of Topliss-reactive ketones (excluding diaryl/α,β-unsaturated/α-hetero) is 1. The highest BCUT2D eigenvalue weighted by atomic mass is 16.1. The Bertz CT molecular complexity index is 720. The molecule has 0 unspecified atom stereocenters. The number of rotatable bonds is 12. The second-order valence-electron chi connectivity index (χ2n) is 16.0. The molecule has 0 aromatic heterocycles. The van der Waals surface area contributed by atoms with E-state index in [-0.39, 0.29) is 10.8 Å². The normalized spacial score (nSPS) is 41.1. The van der Waals surface area contributed by atoms with Crippen LogP contribution in [-0.2, 0) is 4.79 Å². The first kappa shape index (κ1) is 30.1. The Morgan fingerprint density at radius 3 is 1.26 bits per heavy atom. The number of carbonyl (C=O) groups excluding carboxylic acids is 1. The van der Waals surface area contributed by atoms with Crippen LogP contribution >= 0.6 is 0 Å². The molecule has 5 aliphatic carbocycles. The van der Waals surface area contributed by atoms with Crippen molar-refractivity contribution in [1.82, 2.24) is 0 Å². The van der Waals surface area contributed by atoms with Gasteiger partial charge in [-0.05, 0) is 119 Å². The molecular weight excluding hydrogens is 472 g/mol. The number of ketones is 1. The van der Waals surface area contributed by atoms with Gasteiger partial charge >= 0.3 is 0 Å². The van der Waals surface area contributed by atoms with E-state index < -0.39 is 0 Å². The van der Waals surface area contributed by atoms with Crippen LogP contribution in [0.1, 0.15) is 187 Å². The fraction of sp³-hybridized carbons (Fsp3) is 0.974. The number of carbonyl (C=O) groups is 1. The Labute approximate surface area is 243 Å². The molecule has 0 radical (unpaired) electrons. The topological polar surface area (TPSA) is 17.1 Å².